The number of hydrogen-bond donors (Lipinski definition) is 2. The van der Waals surface area contributed by atoms with Gasteiger partial charge in [0.05, 0.1) is 23.4 Å². The Bertz CT molecular complexity index is 2300. The van der Waals surface area contributed by atoms with Crippen LogP contribution in [0.4, 0.5) is 21.1 Å². The van der Waals surface area contributed by atoms with E-state index in [1.165, 1.54) is 16.5 Å². The number of carbonyl (C=O) groups excluding carboxylic acids is 4. The predicted molar refractivity (Wildman–Crippen MR) is 181 cm³/mol. The molecule has 2 aliphatic carbocycles. The molecule has 0 aromatic carbocycles. The average molecular weight is 693 g/mol. The number of urea groups is 1. The number of fused-ring (bicyclic) bond motifs is 2. The van der Waals surface area contributed by atoms with Crippen molar-refractivity contribution < 1.29 is 23.9 Å². The molecule has 2 saturated carbocycles. The van der Waals surface area contributed by atoms with Crippen LogP contribution >= 0.6 is 0 Å². The fourth-order valence-corrected chi connectivity index (χ4v) is 6.60. The minimum Gasteiger partial charge on any atom is -0.391 e. The van der Waals surface area contributed by atoms with Crippen LogP contribution in [-0.4, -0.2) is 81.4 Å². The van der Waals surface area contributed by atoms with Crippen molar-refractivity contribution in [2.75, 3.05) is 23.8 Å². The highest BCUT2D eigenvalue weighted by Crippen LogP contribution is 2.47. The largest absolute Gasteiger partial charge is 0.411 e. The summed E-state index contributed by atoms with van der Waals surface area (Å²) in [6, 6.07) is 3.34. The molecule has 2 atom stereocenters. The molecule has 8 rings (SSSR count). The third-order valence-corrected chi connectivity index (χ3v) is 9.42. The number of nitrogens with zero attached hydrogens (tertiary/aromatic N) is 10. The van der Waals surface area contributed by atoms with Crippen molar-refractivity contribution in [1.82, 2.24) is 43.8 Å². The van der Waals surface area contributed by atoms with Crippen LogP contribution in [0, 0.1) is 12.8 Å². The number of likely N-dealkylation sites (N-methyl/N-ethyl adjacent to an activating group) is 1. The van der Waals surface area contributed by atoms with Crippen LogP contribution in [-0.2, 0) is 21.4 Å². The molecule has 17 nitrogen and oxygen atoms in total. The van der Waals surface area contributed by atoms with Crippen LogP contribution < -0.4 is 20.7 Å². The Kier molecular flexibility index (Phi) is 7.28. The number of pyridine rings is 1. The first-order chi connectivity index (χ1) is 24.2. The zero-order valence-electron chi connectivity index (χ0n) is 28.7. The number of rotatable bonds is 8. The van der Waals surface area contributed by atoms with Crippen molar-refractivity contribution in [1.29, 1.82) is 0 Å². The number of hydrogen-bond acceptors (Lipinski definition) is 11. The number of aryl methyl sites for hydroxylation is 1. The zero-order valence-corrected chi connectivity index (χ0v) is 28.7. The summed E-state index contributed by atoms with van der Waals surface area (Å²) in [6.45, 7) is 7.47. The topological polar surface area (TPSA) is 208 Å². The molecule has 5 amide bonds. The van der Waals surface area contributed by atoms with Gasteiger partial charge in [-0.05, 0) is 55.2 Å². The number of anilines is 2. The van der Waals surface area contributed by atoms with E-state index in [1.54, 1.807) is 12.3 Å². The quantitative estimate of drug-likeness (QED) is 0.226. The lowest BCUT2D eigenvalue weighted by Crippen LogP contribution is -2.30. The first-order valence-electron chi connectivity index (χ1n) is 16.7. The van der Waals surface area contributed by atoms with Gasteiger partial charge < -0.3 is 20.2 Å². The molecule has 1 aliphatic heterocycles. The Labute approximate surface area is 291 Å². The van der Waals surface area contributed by atoms with E-state index in [4.69, 9.17) is 20.4 Å². The first kappa shape index (κ1) is 32.2. The van der Waals surface area contributed by atoms with E-state index in [0.29, 0.717) is 46.6 Å². The van der Waals surface area contributed by atoms with Gasteiger partial charge in [-0.2, -0.15) is 14.5 Å². The average Bonchev–Trinajstić information content (AvgIpc) is 3.97. The second-order valence-electron chi connectivity index (χ2n) is 14.4. The van der Waals surface area contributed by atoms with Gasteiger partial charge in [-0.3, -0.25) is 19.4 Å². The first-order valence-corrected chi connectivity index (χ1v) is 16.7. The summed E-state index contributed by atoms with van der Waals surface area (Å²) in [5.74, 6) is 0.486. The number of aromatic nitrogens is 8. The Hall–Kier alpha value is -6.00. The van der Waals surface area contributed by atoms with Gasteiger partial charge in [0.25, 0.3) is 5.78 Å². The minimum atomic E-state index is -1.07. The number of nitrogens with one attached hydrogen (secondary N) is 1. The molecule has 0 unspecified atom stereocenters. The molecule has 17 heteroatoms. The van der Waals surface area contributed by atoms with Crippen molar-refractivity contribution in [2.45, 2.75) is 70.6 Å². The molecule has 5 aromatic rings. The van der Waals surface area contributed by atoms with Gasteiger partial charge in [-0.25, -0.2) is 24.5 Å². The Balaban J connectivity index is 1.15. The maximum absolute atomic E-state index is 13.5. The van der Waals surface area contributed by atoms with E-state index in [1.807, 2.05) is 50.6 Å². The number of imide groups is 1. The lowest BCUT2D eigenvalue weighted by Gasteiger charge is -2.24. The maximum atomic E-state index is 13.5. The molecule has 0 bridgehead atoms. The molecule has 0 radical (unpaired) electrons. The van der Waals surface area contributed by atoms with Gasteiger partial charge in [0.15, 0.2) is 11.5 Å². The minimum absolute atomic E-state index is 0.0175. The van der Waals surface area contributed by atoms with Gasteiger partial charge in [0, 0.05) is 43.2 Å². The number of imidazole rings is 1. The molecule has 1 saturated heterocycles. The molecule has 6 heterocycles. The van der Waals surface area contributed by atoms with E-state index in [9.17, 15) is 19.2 Å². The highest BCUT2D eigenvalue weighted by molar-refractivity contribution is 6.13. The van der Waals surface area contributed by atoms with E-state index in [2.05, 4.69) is 25.4 Å². The maximum Gasteiger partial charge on any atom is 0.411 e. The molecule has 262 valence electrons. The number of primary amides is 1. The Morgan fingerprint density at radius 3 is 2.55 bits per heavy atom. The molecule has 3 fully saturated rings. The summed E-state index contributed by atoms with van der Waals surface area (Å²) in [5, 5.41) is 7.58. The van der Waals surface area contributed by atoms with Crippen molar-refractivity contribution >= 4 is 46.9 Å². The number of nitrogens with two attached hydrogens (primary N) is 1. The van der Waals surface area contributed by atoms with Crippen LogP contribution in [0.15, 0.2) is 30.7 Å². The SMILES string of the molecule is Cc1ccnc([C@H]2C[C@@H]2C(=O)Nc2nc3nc(Cc4cn5cc(C6CC6)cc(N6CC(=O)N(C)C6=O)c5n4)nn3c(OC(N)=O)c2C(C)(C)C)n1. The standard InChI is InChI=1S/C34H36N12O5/c1-16-8-9-36-26(37-16)20-12-21(20)29(48)40-27-25(34(2,3)4)30(51-31(35)49)46-32(41-27)39-23(42-46)11-19-14-44-13-18(17-6-7-17)10-22(28(44)38-19)45-15-24(47)43(5)33(45)50/h8-10,13-14,17,20-21H,6-7,11-12,15H2,1-5H3,(H2,35,49)(H,39,40,41,42,48)/t20-,21-/m0/s1. The lowest BCUT2D eigenvalue weighted by molar-refractivity contribution is -0.124. The lowest BCUT2D eigenvalue weighted by atomic mass is 9.87. The summed E-state index contributed by atoms with van der Waals surface area (Å²) >= 11 is 0. The highest BCUT2D eigenvalue weighted by Gasteiger charge is 2.47. The van der Waals surface area contributed by atoms with Crippen LogP contribution in [0.1, 0.15) is 86.0 Å². The summed E-state index contributed by atoms with van der Waals surface area (Å²) in [7, 11) is 1.47. The zero-order chi connectivity index (χ0) is 35.9. The molecule has 51 heavy (non-hydrogen) atoms. The summed E-state index contributed by atoms with van der Waals surface area (Å²) < 4.78 is 8.70. The number of carbonyl (C=O) groups is 4. The molecule has 5 aromatic heterocycles. The smallest absolute Gasteiger partial charge is 0.391 e. The van der Waals surface area contributed by atoms with Gasteiger partial charge in [0.1, 0.15) is 18.2 Å². The highest BCUT2D eigenvalue weighted by atomic mass is 16.6. The van der Waals surface area contributed by atoms with Gasteiger partial charge in [-0.15, -0.1) is 5.10 Å². The van der Waals surface area contributed by atoms with Crippen molar-refractivity contribution in [2.24, 2.45) is 11.7 Å². The molecule has 3 N–H and O–H groups in total. The fourth-order valence-electron chi connectivity index (χ4n) is 6.60. The third-order valence-electron chi connectivity index (χ3n) is 9.42. The van der Waals surface area contributed by atoms with Crippen LogP contribution in [0.5, 0.6) is 5.88 Å². The predicted octanol–water partition coefficient (Wildman–Crippen LogP) is 3.23. The number of ether oxygens (including phenoxy) is 1. The molecule has 0 spiro atoms. The molecular weight excluding hydrogens is 656 g/mol. The van der Waals surface area contributed by atoms with Gasteiger partial charge >= 0.3 is 12.1 Å². The van der Waals surface area contributed by atoms with Gasteiger partial charge in [-0.1, -0.05) is 20.8 Å². The van der Waals surface area contributed by atoms with Gasteiger partial charge in [0.2, 0.25) is 17.7 Å². The fraction of sp³-hybridized carbons (Fsp3) is 0.412. The van der Waals surface area contributed by atoms with Crippen molar-refractivity contribution in [3.8, 4) is 5.88 Å². The Morgan fingerprint density at radius 2 is 1.88 bits per heavy atom. The van der Waals surface area contributed by atoms with Crippen molar-refractivity contribution in [3.63, 3.8) is 0 Å². The van der Waals surface area contributed by atoms with E-state index >= 15 is 0 Å². The summed E-state index contributed by atoms with van der Waals surface area (Å²) in [6.07, 6.45) is 7.29. The van der Waals surface area contributed by atoms with E-state index < -0.39 is 17.5 Å². The molecule has 3 aliphatic rings. The van der Waals surface area contributed by atoms with Crippen LogP contribution in [0.25, 0.3) is 11.4 Å². The second-order valence-corrected chi connectivity index (χ2v) is 14.4. The van der Waals surface area contributed by atoms with E-state index in [-0.39, 0.29) is 54.1 Å². The summed E-state index contributed by atoms with van der Waals surface area (Å²) in [4.78, 5) is 76.6. The molecular formula is C34H36N12O5. The monoisotopic (exact) mass is 692 g/mol. The second kappa shape index (κ2) is 11.5. The number of amides is 5. The third kappa shape index (κ3) is 5.87. The normalized spacial score (nSPS) is 19.0. The van der Waals surface area contributed by atoms with Crippen LogP contribution in [0.2, 0.25) is 0 Å². The van der Waals surface area contributed by atoms with Crippen LogP contribution in [0.3, 0.4) is 0 Å². The van der Waals surface area contributed by atoms with E-state index in [0.717, 1.165) is 29.0 Å². The summed E-state index contributed by atoms with van der Waals surface area (Å²) in [5.41, 5.74) is 8.78. The Morgan fingerprint density at radius 1 is 1.10 bits per heavy atom. The van der Waals surface area contributed by atoms with Crippen molar-refractivity contribution in [3.05, 3.63) is 64.9 Å².